The van der Waals surface area contributed by atoms with E-state index in [-0.39, 0.29) is 5.91 Å². The molecule has 2 aromatic heterocycles. The Morgan fingerprint density at radius 1 is 1.22 bits per heavy atom. The number of rotatable bonds is 2. The Kier molecular flexibility index (Phi) is 3.56. The second-order valence-electron chi connectivity index (χ2n) is 6.98. The molecular formula is C17H23N5O. The zero-order valence-electron chi connectivity index (χ0n) is 13.7. The van der Waals surface area contributed by atoms with E-state index < -0.39 is 0 Å². The molecule has 4 rings (SSSR count). The van der Waals surface area contributed by atoms with Gasteiger partial charge in [0.05, 0.1) is 5.56 Å². The maximum atomic E-state index is 12.9. The Hall–Kier alpha value is -1.95. The van der Waals surface area contributed by atoms with E-state index in [1.165, 1.54) is 12.8 Å². The summed E-state index contributed by atoms with van der Waals surface area (Å²) in [6.07, 6.45) is 7.03. The highest BCUT2D eigenvalue weighted by Gasteiger charge is 2.39. The molecule has 1 amide bonds. The van der Waals surface area contributed by atoms with Crippen molar-refractivity contribution >= 4 is 11.6 Å². The lowest BCUT2D eigenvalue weighted by molar-refractivity contribution is 0.0728. The summed E-state index contributed by atoms with van der Waals surface area (Å²) in [7, 11) is 0. The quantitative estimate of drug-likeness (QED) is 0.848. The van der Waals surface area contributed by atoms with Crippen molar-refractivity contribution in [1.82, 2.24) is 24.4 Å². The van der Waals surface area contributed by atoms with Gasteiger partial charge >= 0.3 is 0 Å². The first kappa shape index (κ1) is 14.6. The van der Waals surface area contributed by atoms with Crippen LogP contribution in [-0.2, 0) is 0 Å². The first-order valence-corrected chi connectivity index (χ1v) is 8.49. The van der Waals surface area contributed by atoms with E-state index in [4.69, 9.17) is 0 Å². The van der Waals surface area contributed by atoms with Crippen LogP contribution in [0.1, 0.15) is 43.5 Å². The summed E-state index contributed by atoms with van der Waals surface area (Å²) in [6, 6.07) is 5.40. The molecule has 2 aromatic rings. The molecule has 0 spiro atoms. The van der Waals surface area contributed by atoms with Crippen LogP contribution in [0.15, 0.2) is 24.7 Å². The molecule has 2 aliphatic heterocycles. The van der Waals surface area contributed by atoms with E-state index in [2.05, 4.69) is 28.9 Å². The molecule has 2 saturated heterocycles. The van der Waals surface area contributed by atoms with Gasteiger partial charge in [-0.25, -0.2) is 0 Å². The zero-order valence-corrected chi connectivity index (χ0v) is 13.7. The SMILES string of the molecule is CC(C)N1[C@H]2CC[C@H]1CN(C(=O)c1ccc3nncn3c1)CC2. The number of likely N-dealkylation sites (tertiary alicyclic amines) is 1. The monoisotopic (exact) mass is 313 g/mol. The van der Waals surface area contributed by atoms with E-state index in [1.807, 2.05) is 23.2 Å². The lowest BCUT2D eigenvalue weighted by Gasteiger charge is -2.32. The standard InChI is InChI=1S/C17H23N5O/c1-12(2)22-14-4-5-15(22)10-20(8-7-14)17(23)13-3-6-16-19-18-11-21(16)9-13/h3,6,9,11-12,14-15H,4-5,7-8,10H2,1-2H3/t14-,15-/m0/s1. The van der Waals surface area contributed by atoms with Crippen LogP contribution in [0.2, 0.25) is 0 Å². The van der Waals surface area contributed by atoms with Crippen molar-refractivity contribution in [3.63, 3.8) is 0 Å². The fourth-order valence-electron chi connectivity index (χ4n) is 4.27. The van der Waals surface area contributed by atoms with Crippen molar-refractivity contribution < 1.29 is 4.79 Å². The minimum Gasteiger partial charge on any atom is -0.337 e. The minimum atomic E-state index is 0.122. The average Bonchev–Trinajstić information content (AvgIpc) is 3.09. The van der Waals surface area contributed by atoms with Crippen LogP contribution < -0.4 is 0 Å². The van der Waals surface area contributed by atoms with Gasteiger partial charge in [-0.3, -0.25) is 14.1 Å². The predicted molar refractivity (Wildman–Crippen MR) is 87.3 cm³/mol. The van der Waals surface area contributed by atoms with Crippen LogP contribution in [-0.4, -0.2) is 61.5 Å². The zero-order chi connectivity index (χ0) is 16.0. The van der Waals surface area contributed by atoms with E-state index >= 15 is 0 Å². The summed E-state index contributed by atoms with van der Waals surface area (Å²) in [5, 5.41) is 7.86. The van der Waals surface area contributed by atoms with Gasteiger partial charge in [0.2, 0.25) is 0 Å². The molecule has 2 bridgehead atoms. The molecular weight excluding hydrogens is 290 g/mol. The van der Waals surface area contributed by atoms with Gasteiger partial charge in [-0.1, -0.05) is 0 Å². The molecule has 2 aliphatic rings. The smallest absolute Gasteiger partial charge is 0.255 e. The van der Waals surface area contributed by atoms with E-state index in [0.717, 1.165) is 25.2 Å². The number of nitrogens with zero attached hydrogens (tertiary/aromatic N) is 5. The Morgan fingerprint density at radius 3 is 2.87 bits per heavy atom. The van der Waals surface area contributed by atoms with Crippen molar-refractivity contribution in [1.29, 1.82) is 0 Å². The maximum absolute atomic E-state index is 12.9. The van der Waals surface area contributed by atoms with Crippen LogP contribution >= 0.6 is 0 Å². The second kappa shape index (κ2) is 5.60. The Morgan fingerprint density at radius 2 is 2.04 bits per heavy atom. The molecule has 0 aromatic carbocycles. The van der Waals surface area contributed by atoms with Crippen LogP contribution in [0.3, 0.4) is 0 Å². The number of pyridine rings is 1. The van der Waals surface area contributed by atoms with E-state index in [9.17, 15) is 4.79 Å². The van der Waals surface area contributed by atoms with Crippen LogP contribution in [0.5, 0.6) is 0 Å². The largest absolute Gasteiger partial charge is 0.337 e. The van der Waals surface area contributed by atoms with Crippen molar-refractivity contribution in [2.75, 3.05) is 13.1 Å². The van der Waals surface area contributed by atoms with Crippen molar-refractivity contribution in [2.24, 2.45) is 0 Å². The summed E-state index contributed by atoms with van der Waals surface area (Å²) >= 11 is 0. The highest BCUT2D eigenvalue weighted by molar-refractivity contribution is 5.94. The highest BCUT2D eigenvalue weighted by atomic mass is 16.2. The third kappa shape index (κ3) is 2.51. The number of carbonyl (C=O) groups is 1. The Balaban J connectivity index is 1.57. The van der Waals surface area contributed by atoms with Crippen molar-refractivity contribution in [3.8, 4) is 0 Å². The first-order valence-electron chi connectivity index (χ1n) is 8.49. The summed E-state index contributed by atoms with van der Waals surface area (Å²) in [5.41, 5.74) is 1.48. The molecule has 6 heteroatoms. The summed E-state index contributed by atoms with van der Waals surface area (Å²) in [4.78, 5) is 17.6. The lowest BCUT2D eigenvalue weighted by atomic mass is 10.1. The molecule has 0 N–H and O–H groups in total. The molecule has 122 valence electrons. The number of fused-ring (bicyclic) bond motifs is 3. The Labute approximate surface area is 136 Å². The van der Waals surface area contributed by atoms with Gasteiger partial charge in [0, 0.05) is 37.4 Å². The van der Waals surface area contributed by atoms with Crippen LogP contribution in [0, 0.1) is 0 Å². The molecule has 0 unspecified atom stereocenters. The number of hydrogen-bond acceptors (Lipinski definition) is 4. The molecule has 2 atom stereocenters. The van der Waals surface area contributed by atoms with Crippen LogP contribution in [0.4, 0.5) is 0 Å². The normalized spacial score (nSPS) is 25.3. The molecule has 0 saturated carbocycles. The summed E-state index contributed by atoms with van der Waals surface area (Å²) in [5.74, 6) is 0.122. The third-order valence-corrected chi connectivity index (χ3v) is 5.26. The van der Waals surface area contributed by atoms with Gasteiger partial charge in [-0.2, -0.15) is 0 Å². The molecule has 23 heavy (non-hydrogen) atoms. The van der Waals surface area contributed by atoms with Gasteiger partial charge in [-0.15, -0.1) is 10.2 Å². The third-order valence-electron chi connectivity index (χ3n) is 5.26. The molecule has 0 radical (unpaired) electrons. The fourth-order valence-corrected chi connectivity index (χ4v) is 4.27. The van der Waals surface area contributed by atoms with Gasteiger partial charge in [0.1, 0.15) is 6.33 Å². The molecule has 2 fully saturated rings. The second-order valence-corrected chi connectivity index (χ2v) is 6.98. The number of carbonyl (C=O) groups excluding carboxylic acids is 1. The number of aromatic nitrogens is 3. The van der Waals surface area contributed by atoms with Crippen LogP contribution in [0.25, 0.3) is 5.65 Å². The average molecular weight is 313 g/mol. The van der Waals surface area contributed by atoms with Gasteiger partial charge < -0.3 is 4.90 Å². The Bertz CT molecular complexity index is 725. The van der Waals surface area contributed by atoms with Gasteiger partial charge in [0.25, 0.3) is 5.91 Å². The van der Waals surface area contributed by atoms with E-state index in [0.29, 0.717) is 23.7 Å². The first-order chi connectivity index (χ1) is 11.1. The van der Waals surface area contributed by atoms with Crippen molar-refractivity contribution in [2.45, 2.75) is 51.2 Å². The number of amides is 1. The summed E-state index contributed by atoms with van der Waals surface area (Å²) < 4.78 is 1.80. The number of hydrogen-bond donors (Lipinski definition) is 0. The minimum absolute atomic E-state index is 0.122. The topological polar surface area (TPSA) is 53.7 Å². The summed E-state index contributed by atoms with van der Waals surface area (Å²) in [6.45, 7) is 6.22. The molecule has 0 aliphatic carbocycles. The predicted octanol–water partition coefficient (Wildman–Crippen LogP) is 1.82. The molecule has 6 nitrogen and oxygen atoms in total. The van der Waals surface area contributed by atoms with Gasteiger partial charge in [0.15, 0.2) is 5.65 Å². The van der Waals surface area contributed by atoms with Crippen molar-refractivity contribution in [3.05, 3.63) is 30.2 Å². The van der Waals surface area contributed by atoms with E-state index in [1.54, 1.807) is 10.7 Å². The molecule has 4 heterocycles. The lowest BCUT2D eigenvalue weighted by Crippen LogP contribution is -2.44. The highest BCUT2D eigenvalue weighted by Crippen LogP contribution is 2.32. The van der Waals surface area contributed by atoms with Gasteiger partial charge in [-0.05, 0) is 45.2 Å². The fraction of sp³-hybridized carbons (Fsp3) is 0.588. The maximum Gasteiger partial charge on any atom is 0.255 e.